The lowest BCUT2D eigenvalue weighted by molar-refractivity contribution is 0.0735. The molecular weight excluding hydrogens is 350 g/mol. The Kier molecular flexibility index (Phi) is 4.30. The molecule has 2 amide bonds. The van der Waals surface area contributed by atoms with Gasteiger partial charge in [0.1, 0.15) is 6.26 Å². The number of aromatic nitrogens is 1. The molecule has 26 heavy (non-hydrogen) atoms. The maximum atomic E-state index is 12.8. The minimum atomic E-state index is -0.252. The van der Waals surface area contributed by atoms with E-state index in [1.54, 1.807) is 6.07 Å². The van der Waals surface area contributed by atoms with Crippen molar-refractivity contribution in [2.75, 3.05) is 11.9 Å². The van der Waals surface area contributed by atoms with E-state index in [0.29, 0.717) is 30.2 Å². The number of anilines is 1. The van der Waals surface area contributed by atoms with Crippen LogP contribution in [0.5, 0.6) is 0 Å². The van der Waals surface area contributed by atoms with Crippen molar-refractivity contribution in [3.8, 4) is 0 Å². The van der Waals surface area contributed by atoms with Gasteiger partial charge in [0.05, 0.1) is 24.1 Å². The predicted molar refractivity (Wildman–Crippen MR) is 98.4 cm³/mol. The fourth-order valence-corrected chi connectivity index (χ4v) is 3.99. The molecule has 1 aliphatic rings. The van der Waals surface area contributed by atoms with E-state index in [1.807, 2.05) is 36.1 Å². The molecule has 3 aromatic rings. The number of nitrogens with zero attached hydrogens (tertiary/aromatic N) is 2. The predicted octanol–water partition coefficient (Wildman–Crippen LogP) is 3.50. The quantitative estimate of drug-likeness (QED) is 0.769. The van der Waals surface area contributed by atoms with Gasteiger partial charge in [0, 0.05) is 23.4 Å². The average molecular weight is 367 g/mol. The van der Waals surface area contributed by atoms with E-state index in [-0.39, 0.29) is 11.8 Å². The monoisotopic (exact) mass is 367 g/mol. The Hall–Kier alpha value is -2.93. The number of amides is 2. The molecule has 1 N–H and O–H groups in total. The topological polar surface area (TPSA) is 75.4 Å². The minimum Gasteiger partial charge on any atom is -0.472 e. The molecule has 0 atom stereocenters. The summed E-state index contributed by atoms with van der Waals surface area (Å²) in [5.41, 5.74) is 3.11. The highest BCUT2D eigenvalue weighted by atomic mass is 32.1. The number of rotatable bonds is 3. The number of carbonyl (C=O) groups excluding carboxylic acids is 2. The van der Waals surface area contributed by atoms with E-state index in [4.69, 9.17) is 4.42 Å². The summed E-state index contributed by atoms with van der Waals surface area (Å²) in [7, 11) is 0. The molecule has 1 aromatic carbocycles. The van der Waals surface area contributed by atoms with Gasteiger partial charge in [0.25, 0.3) is 11.8 Å². The van der Waals surface area contributed by atoms with Crippen molar-refractivity contribution >= 4 is 28.3 Å². The Balaban J connectivity index is 1.49. The molecule has 0 aliphatic carbocycles. The third kappa shape index (κ3) is 3.13. The van der Waals surface area contributed by atoms with Crippen LogP contribution in [0.2, 0.25) is 0 Å². The first-order valence-electron chi connectivity index (χ1n) is 8.29. The van der Waals surface area contributed by atoms with Crippen molar-refractivity contribution in [1.29, 1.82) is 0 Å². The summed E-state index contributed by atoms with van der Waals surface area (Å²) in [6, 6.07) is 9.21. The smallest absolute Gasteiger partial charge is 0.260 e. The van der Waals surface area contributed by atoms with Gasteiger partial charge in [-0.15, -0.1) is 0 Å². The van der Waals surface area contributed by atoms with Crippen LogP contribution in [0, 0.1) is 6.92 Å². The summed E-state index contributed by atoms with van der Waals surface area (Å²) in [4.78, 5) is 32.3. The lowest BCUT2D eigenvalue weighted by Gasteiger charge is -2.26. The van der Waals surface area contributed by atoms with Gasteiger partial charge in [-0.1, -0.05) is 29.5 Å². The van der Waals surface area contributed by atoms with Crippen LogP contribution in [0.3, 0.4) is 0 Å². The highest BCUT2D eigenvalue weighted by Crippen LogP contribution is 2.29. The van der Waals surface area contributed by atoms with Crippen molar-refractivity contribution in [1.82, 2.24) is 9.88 Å². The third-order valence-electron chi connectivity index (χ3n) is 4.40. The van der Waals surface area contributed by atoms with Gasteiger partial charge < -0.3 is 9.32 Å². The first-order chi connectivity index (χ1) is 12.6. The van der Waals surface area contributed by atoms with E-state index in [2.05, 4.69) is 10.3 Å². The van der Waals surface area contributed by atoms with Crippen LogP contribution in [0.25, 0.3) is 0 Å². The number of fused-ring (bicyclic) bond motifs is 1. The number of hydrogen-bond acceptors (Lipinski definition) is 5. The standard InChI is InChI=1S/C19H17N3O3S/c1-12-4-2-3-5-14(12)18(24)22-8-6-15-16(10-22)26-19(20-15)21-17(23)13-7-9-25-11-13/h2-5,7,9,11H,6,8,10H2,1H3,(H,20,21,23). The number of furan rings is 1. The molecule has 0 saturated carbocycles. The molecule has 2 aromatic heterocycles. The zero-order valence-electron chi connectivity index (χ0n) is 14.2. The first kappa shape index (κ1) is 16.5. The van der Waals surface area contributed by atoms with Crippen molar-refractivity contribution < 1.29 is 14.0 Å². The Labute approximate surface area is 154 Å². The molecule has 0 spiro atoms. The summed E-state index contributed by atoms with van der Waals surface area (Å²) >= 11 is 1.41. The van der Waals surface area contributed by atoms with Crippen LogP contribution >= 0.6 is 11.3 Å². The summed E-state index contributed by atoms with van der Waals surface area (Å²) in [5.74, 6) is -0.219. The van der Waals surface area contributed by atoms with Gasteiger partial charge in [0.2, 0.25) is 0 Å². The molecule has 1 aliphatic heterocycles. The normalized spacial score (nSPS) is 13.3. The first-order valence-corrected chi connectivity index (χ1v) is 9.10. The lowest BCUT2D eigenvalue weighted by Crippen LogP contribution is -2.35. The van der Waals surface area contributed by atoms with E-state index >= 15 is 0 Å². The second-order valence-corrected chi connectivity index (χ2v) is 7.23. The van der Waals surface area contributed by atoms with Crippen molar-refractivity contribution in [3.05, 3.63) is 70.1 Å². The lowest BCUT2D eigenvalue weighted by atomic mass is 10.1. The molecule has 6 nitrogen and oxygen atoms in total. The number of thiazole rings is 1. The Bertz CT molecular complexity index is 962. The maximum Gasteiger partial charge on any atom is 0.260 e. The Morgan fingerprint density at radius 2 is 2.12 bits per heavy atom. The zero-order chi connectivity index (χ0) is 18.1. The summed E-state index contributed by atoms with van der Waals surface area (Å²) in [5, 5.41) is 3.34. The number of carbonyl (C=O) groups is 2. The van der Waals surface area contributed by atoms with Crippen LogP contribution in [0.15, 0.2) is 47.3 Å². The largest absolute Gasteiger partial charge is 0.472 e. The molecule has 0 saturated heterocycles. The van der Waals surface area contributed by atoms with Gasteiger partial charge in [0.15, 0.2) is 5.13 Å². The van der Waals surface area contributed by atoms with Crippen molar-refractivity contribution in [2.24, 2.45) is 0 Å². The van der Waals surface area contributed by atoms with E-state index in [0.717, 1.165) is 21.7 Å². The molecule has 0 bridgehead atoms. The van der Waals surface area contributed by atoms with Crippen molar-refractivity contribution in [3.63, 3.8) is 0 Å². The fourth-order valence-electron chi connectivity index (χ4n) is 2.97. The van der Waals surface area contributed by atoms with E-state index in [9.17, 15) is 9.59 Å². The van der Waals surface area contributed by atoms with Crippen LogP contribution in [-0.4, -0.2) is 28.2 Å². The summed E-state index contributed by atoms with van der Waals surface area (Å²) < 4.78 is 4.92. The van der Waals surface area contributed by atoms with Crippen LogP contribution in [-0.2, 0) is 13.0 Å². The molecule has 132 valence electrons. The second-order valence-electron chi connectivity index (χ2n) is 6.15. The number of aryl methyl sites for hydroxylation is 1. The molecule has 7 heteroatoms. The molecule has 4 rings (SSSR count). The Morgan fingerprint density at radius 1 is 1.27 bits per heavy atom. The van der Waals surface area contributed by atoms with Crippen molar-refractivity contribution in [2.45, 2.75) is 19.9 Å². The number of benzene rings is 1. The maximum absolute atomic E-state index is 12.8. The Morgan fingerprint density at radius 3 is 2.88 bits per heavy atom. The molecule has 0 fully saturated rings. The SMILES string of the molecule is Cc1ccccc1C(=O)N1CCc2nc(NC(=O)c3ccoc3)sc2C1. The van der Waals surface area contributed by atoms with E-state index < -0.39 is 0 Å². The van der Waals surface area contributed by atoms with Crippen LogP contribution in [0.1, 0.15) is 36.9 Å². The van der Waals surface area contributed by atoms with Gasteiger partial charge in [-0.2, -0.15) is 0 Å². The van der Waals surface area contributed by atoms with E-state index in [1.165, 1.54) is 23.9 Å². The highest BCUT2D eigenvalue weighted by molar-refractivity contribution is 7.15. The molecule has 0 unspecified atom stereocenters. The minimum absolute atomic E-state index is 0.0335. The summed E-state index contributed by atoms with van der Waals surface area (Å²) in [6.45, 7) is 3.08. The highest BCUT2D eigenvalue weighted by Gasteiger charge is 2.26. The van der Waals surface area contributed by atoms with Gasteiger partial charge in [-0.05, 0) is 24.6 Å². The average Bonchev–Trinajstić information content (AvgIpc) is 3.30. The van der Waals surface area contributed by atoms with Gasteiger partial charge >= 0.3 is 0 Å². The number of hydrogen-bond donors (Lipinski definition) is 1. The fraction of sp³-hybridized carbons (Fsp3) is 0.211. The second kappa shape index (κ2) is 6.76. The van der Waals surface area contributed by atoms with Gasteiger partial charge in [-0.3, -0.25) is 14.9 Å². The summed E-state index contributed by atoms with van der Waals surface area (Å²) in [6.07, 6.45) is 3.54. The van der Waals surface area contributed by atoms with Crippen LogP contribution in [0.4, 0.5) is 5.13 Å². The molecule has 3 heterocycles. The number of nitrogens with one attached hydrogen (secondary N) is 1. The molecular formula is C19H17N3O3S. The third-order valence-corrected chi connectivity index (χ3v) is 5.40. The zero-order valence-corrected chi connectivity index (χ0v) is 15.0. The molecule has 0 radical (unpaired) electrons. The van der Waals surface area contributed by atoms with Crippen LogP contribution < -0.4 is 5.32 Å². The van der Waals surface area contributed by atoms with Gasteiger partial charge in [-0.25, -0.2) is 4.98 Å².